The highest BCUT2D eigenvalue weighted by Crippen LogP contribution is 2.40. The van der Waals surface area contributed by atoms with E-state index in [-0.39, 0.29) is 11.7 Å². The average Bonchev–Trinajstić information content (AvgIpc) is 3.40. The van der Waals surface area contributed by atoms with Gasteiger partial charge in [-0.05, 0) is 48.9 Å². The maximum absolute atomic E-state index is 12.8. The third kappa shape index (κ3) is 5.15. The monoisotopic (exact) mass is 516 g/mol. The van der Waals surface area contributed by atoms with E-state index in [1.54, 1.807) is 14.2 Å². The SMILES string of the molecule is COC(=O)c1c(NC(=O)CSc2nnc(-c3ccc(OC)c(OC)c3)n2C)sc2c1CCC(C)C2. The number of nitrogens with one attached hydrogen (secondary N) is 1. The molecular weight excluding hydrogens is 488 g/mol. The number of hydrogen-bond donors (Lipinski definition) is 1. The van der Waals surface area contributed by atoms with E-state index in [0.717, 1.165) is 35.3 Å². The molecule has 0 fully saturated rings. The summed E-state index contributed by atoms with van der Waals surface area (Å²) in [5.41, 5.74) is 2.32. The second-order valence-corrected chi connectivity index (χ2v) is 10.4. The van der Waals surface area contributed by atoms with E-state index in [1.165, 1.54) is 30.2 Å². The van der Waals surface area contributed by atoms with Crippen LogP contribution < -0.4 is 14.8 Å². The van der Waals surface area contributed by atoms with Crippen molar-refractivity contribution in [2.75, 3.05) is 32.4 Å². The summed E-state index contributed by atoms with van der Waals surface area (Å²) in [7, 11) is 6.37. The molecule has 1 atom stereocenters. The fourth-order valence-corrected chi connectivity index (χ4v) is 6.24. The van der Waals surface area contributed by atoms with Crippen molar-refractivity contribution < 1.29 is 23.8 Å². The minimum atomic E-state index is -0.409. The van der Waals surface area contributed by atoms with Crippen LogP contribution in [0.5, 0.6) is 11.5 Å². The van der Waals surface area contributed by atoms with Crippen LogP contribution in [0.1, 0.15) is 34.1 Å². The molecule has 1 aliphatic carbocycles. The average molecular weight is 517 g/mol. The molecule has 9 nitrogen and oxygen atoms in total. The quantitative estimate of drug-likeness (QED) is 0.351. The molecule has 11 heteroatoms. The lowest BCUT2D eigenvalue weighted by Crippen LogP contribution is -2.17. The number of nitrogens with zero attached hydrogens (tertiary/aromatic N) is 3. The Kier molecular flexibility index (Phi) is 7.66. The van der Waals surface area contributed by atoms with Crippen LogP contribution in [0.25, 0.3) is 11.4 Å². The molecule has 0 saturated heterocycles. The molecule has 35 heavy (non-hydrogen) atoms. The summed E-state index contributed by atoms with van der Waals surface area (Å²) >= 11 is 2.75. The molecule has 1 aromatic carbocycles. The summed E-state index contributed by atoms with van der Waals surface area (Å²) in [6.45, 7) is 2.20. The van der Waals surface area contributed by atoms with Gasteiger partial charge in [0, 0.05) is 17.5 Å². The van der Waals surface area contributed by atoms with Gasteiger partial charge < -0.3 is 24.1 Å². The van der Waals surface area contributed by atoms with Crippen molar-refractivity contribution in [2.45, 2.75) is 31.3 Å². The molecule has 2 aromatic heterocycles. The van der Waals surface area contributed by atoms with Crippen LogP contribution in [0, 0.1) is 5.92 Å². The first-order valence-electron chi connectivity index (χ1n) is 11.1. The summed E-state index contributed by atoms with van der Waals surface area (Å²) in [5, 5.41) is 12.6. The molecule has 2 heterocycles. The Morgan fingerprint density at radius 2 is 1.97 bits per heavy atom. The van der Waals surface area contributed by atoms with Crippen molar-refractivity contribution in [1.29, 1.82) is 0 Å². The topological polar surface area (TPSA) is 105 Å². The van der Waals surface area contributed by atoms with Crippen molar-refractivity contribution in [3.63, 3.8) is 0 Å². The van der Waals surface area contributed by atoms with E-state index in [0.29, 0.717) is 39.0 Å². The Hall–Kier alpha value is -3.05. The number of thiophene rings is 1. The second-order valence-electron chi connectivity index (χ2n) is 8.32. The number of carbonyl (C=O) groups excluding carboxylic acids is 2. The molecule has 3 aromatic rings. The van der Waals surface area contributed by atoms with Gasteiger partial charge in [-0.1, -0.05) is 18.7 Å². The number of methoxy groups -OCH3 is 3. The van der Waals surface area contributed by atoms with Crippen LogP contribution >= 0.6 is 23.1 Å². The summed E-state index contributed by atoms with van der Waals surface area (Å²) in [6, 6.07) is 5.52. The van der Waals surface area contributed by atoms with E-state index >= 15 is 0 Å². The standard InChI is InChI=1S/C24H28N4O5S2/c1-13-6-8-15-18(10-13)35-22(20(15)23(30)33-5)25-19(29)12-34-24-27-26-21(28(24)2)14-7-9-16(31-3)17(11-14)32-4/h7,9,11,13H,6,8,10,12H2,1-5H3,(H,25,29). The predicted octanol–water partition coefficient (Wildman–Crippen LogP) is 4.20. The van der Waals surface area contributed by atoms with Crippen molar-refractivity contribution in [3.05, 3.63) is 34.2 Å². The van der Waals surface area contributed by atoms with Crippen LogP contribution in [0.3, 0.4) is 0 Å². The number of ether oxygens (including phenoxy) is 3. The smallest absolute Gasteiger partial charge is 0.341 e. The van der Waals surface area contributed by atoms with Gasteiger partial charge in [-0.25, -0.2) is 4.79 Å². The summed E-state index contributed by atoms with van der Waals surface area (Å²) in [4.78, 5) is 26.4. The van der Waals surface area contributed by atoms with Gasteiger partial charge in [-0.3, -0.25) is 4.79 Å². The molecule has 0 radical (unpaired) electrons. The minimum Gasteiger partial charge on any atom is -0.493 e. The van der Waals surface area contributed by atoms with Gasteiger partial charge in [0.05, 0.1) is 32.6 Å². The lowest BCUT2D eigenvalue weighted by atomic mass is 9.88. The van der Waals surface area contributed by atoms with Crippen molar-refractivity contribution in [1.82, 2.24) is 14.8 Å². The Labute approximate surface area is 212 Å². The Balaban J connectivity index is 1.47. The zero-order valence-electron chi connectivity index (χ0n) is 20.3. The third-order valence-electron chi connectivity index (χ3n) is 5.96. The highest BCUT2D eigenvalue weighted by Gasteiger charge is 2.29. The predicted molar refractivity (Wildman–Crippen MR) is 136 cm³/mol. The molecule has 1 amide bonds. The number of amides is 1. The highest BCUT2D eigenvalue weighted by molar-refractivity contribution is 7.99. The number of esters is 1. The van der Waals surface area contributed by atoms with Crippen molar-refractivity contribution in [3.8, 4) is 22.9 Å². The van der Waals surface area contributed by atoms with E-state index in [9.17, 15) is 9.59 Å². The zero-order valence-corrected chi connectivity index (χ0v) is 22.0. The summed E-state index contributed by atoms with van der Waals surface area (Å²) < 4.78 is 17.5. The van der Waals surface area contributed by atoms with Gasteiger partial charge in [-0.15, -0.1) is 21.5 Å². The number of anilines is 1. The number of fused-ring (bicyclic) bond motifs is 1. The Morgan fingerprint density at radius 3 is 2.69 bits per heavy atom. The fraction of sp³-hybridized carbons (Fsp3) is 0.417. The first-order valence-corrected chi connectivity index (χ1v) is 12.9. The lowest BCUT2D eigenvalue weighted by Gasteiger charge is -2.18. The number of aromatic nitrogens is 3. The molecular formula is C24H28N4O5S2. The van der Waals surface area contributed by atoms with Crippen molar-refractivity contribution in [2.24, 2.45) is 13.0 Å². The summed E-state index contributed by atoms with van der Waals surface area (Å²) in [6.07, 6.45) is 2.75. The van der Waals surface area contributed by atoms with Gasteiger partial charge in [-0.2, -0.15) is 0 Å². The molecule has 0 aliphatic heterocycles. The van der Waals surface area contributed by atoms with Gasteiger partial charge in [0.2, 0.25) is 5.91 Å². The maximum Gasteiger partial charge on any atom is 0.341 e. The van der Waals surface area contributed by atoms with Gasteiger partial charge in [0.15, 0.2) is 22.5 Å². The number of benzene rings is 1. The van der Waals surface area contributed by atoms with E-state index in [1.807, 2.05) is 29.8 Å². The van der Waals surface area contributed by atoms with Crippen LogP contribution in [-0.4, -0.2) is 53.7 Å². The van der Waals surface area contributed by atoms with Gasteiger partial charge in [0.1, 0.15) is 5.00 Å². The maximum atomic E-state index is 12.8. The normalized spacial score (nSPS) is 14.8. The second kappa shape index (κ2) is 10.7. The number of thioether (sulfide) groups is 1. The van der Waals surface area contributed by atoms with Crippen LogP contribution in [0.4, 0.5) is 5.00 Å². The Morgan fingerprint density at radius 1 is 1.20 bits per heavy atom. The number of rotatable bonds is 8. The molecule has 186 valence electrons. The molecule has 1 aliphatic rings. The minimum absolute atomic E-state index is 0.123. The molecule has 1 unspecified atom stereocenters. The van der Waals surface area contributed by atoms with Gasteiger partial charge in [0.25, 0.3) is 0 Å². The van der Waals surface area contributed by atoms with Gasteiger partial charge >= 0.3 is 5.97 Å². The largest absolute Gasteiger partial charge is 0.493 e. The number of carbonyl (C=O) groups is 2. The van der Waals surface area contributed by atoms with Crippen LogP contribution in [0.15, 0.2) is 23.4 Å². The van der Waals surface area contributed by atoms with E-state index < -0.39 is 5.97 Å². The van der Waals surface area contributed by atoms with Crippen LogP contribution in [0.2, 0.25) is 0 Å². The van der Waals surface area contributed by atoms with E-state index in [2.05, 4.69) is 22.4 Å². The number of hydrogen-bond acceptors (Lipinski definition) is 9. The summed E-state index contributed by atoms with van der Waals surface area (Å²) in [5.74, 6) is 1.91. The molecule has 4 rings (SSSR count). The zero-order chi connectivity index (χ0) is 25.1. The molecule has 0 bridgehead atoms. The Bertz CT molecular complexity index is 1250. The third-order valence-corrected chi connectivity index (χ3v) is 8.15. The molecule has 0 spiro atoms. The van der Waals surface area contributed by atoms with E-state index in [4.69, 9.17) is 14.2 Å². The highest BCUT2D eigenvalue weighted by atomic mass is 32.2. The lowest BCUT2D eigenvalue weighted by molar-refractivity contribution is -0.113. The molecule has 0 saturated carbocycles. The fourth-order valence-electron chi connectivity index (χ4n) is 4.12. The first kappa shape index (κ1) is 25.1. The first-order chi connectivity index (χ1) is 16.9. The molecule has 1 N–H and O–H groups in total. The van der Waals surface area contributed by atoms with Crippen LogP contribution in [-0.2, 0) is 29.4 Å². The van der Waals surface area contributed by atoms with Crippen molar-refractivity contribution >= 4 is 40.0 Å².